The summed E-state index contributed by atoms with van der Waals surface area (Å²) in [5.41, 5.74) is 7.14. The molecule has 0 spiro atoms. The fourth-order valence-electron chi connectivity index (χ4n) is 3.39. The first-order valence-corrected chi connectivity index (χ1v) is 10.2. The van der Waals surface area contributed by atoms with Gasteiger partial charge in [-0.25, -0.2) is 0 Å². The summed E-state index contributed by atoms with van der Waals surface area (Å²) in [7, 11) is 1.96. The Kier molecular flexibility index (Phi) is 6.15. The smallest absolute Gasteiger partial charge is 0.248 e. The van der Waals surface area contributed by atoms with Gasteiger partial charge >= 0.3 is 0 Å². The zero-order chi connectivity index (χ0) is 19.4. The highest BCUT2D eigenvalue weighted by molar-refractivity contribution is 7.99. The van der Waals surface area contributed by atoms with Crippen molar-refractivity contribution in [3.63, 3.8) is 0 Å². The van der Waals surface area contributed by atoms with E-state index in [9.17, 15) is 9.59 Å². The Morgan fingerprint density at radius 2 is 2.00 bits per heavy atom. The van der Waals surface area contributed by atoms with Gasteiger partial charge in [-0.3, -0.25) is 9.59 Å². The Labute approximate surface area is 163 Å². The topological polar surface area (TPSA) is 103 Å². The lowest BCUT2D eigenvalue weighted by Gasteiger charge is -2.20. The van der Waals surface area contributed by atoms with E-state index < -0.39 is 5.91 Å². The van der Waals surface area contributed by atoms with Gasteiger partial charge in [0.1, 0.15) is 5.82 Å². The molecule has 8 heteroatoms. The van der Waals surface area contributed by atoms with Crippen molar-refractivity contribution in [2.24, 2.45) is 12.8 Å². The van der Waals surface area contributed by atoms with E-state index in [2.05, 4.69) is 15.5 Å². The number of hydrogen-bond donors (Lipinski definition) is 2. The van der Waals surface area contributed by atoms with Crippen LogP contribution in [0.3, 0.4) is 0 Å². The van der Waals surface area contributed by atoms with Crippen LogP contribution in [0.4, 0.5) is 5.69 Å². The predicted octanol–water partition coefficient (Wildman–Crippen LogP) is 3.00. The number of aromatic nitrogens is 3. The molecule has 1 heterocycles. The third-order valence-electron chi connectivity index (χ3n) is 4.97. The van der Waals surface area contributed by atoms with Gasteiger partial charge in [0.25, 0.3) is 0 Å². The molecule has 1 saturated carbocycles. The molecule has 3 N–H and O–H groups in total. The first-order chi connectivity index (χ1) is 13.0. The molecular weight excluding hydrogens is 362 g/mol. The molecule has 2 aromatic rings. The highest BCUT2D eigenvalue weighted by Crippen LogP contribution is 2.32. The average molecular weight is 388 g/mol. The lowest BCUT2D eigenvalue weighted by atomic mass is 9.89. The quantitative estimate of drug-likeness (QED) is 0.742. The molecule has 1 aromatic heterocycles. The molecular formula is C19H25N5O2S. The maximum Gasteiger partial charge on any atom is 0.248 e. The van der Waals surface area contributed by atoms with Crippen LogP contribution < -0.4 is 11.1 Å². The first kappa shape index (κ1) is 19.4. The van der Waals surface area contributed by atoms with Crippen LogP contribution in [0.25, 0.3) is 0 Å². The van der Waals surface area contributed by atoms with E-state index in [1.807, 2.05) is 18.5 Å². The van der Waals surface area contributed by atoms with Gasteiger partial charge in [-0.1, -0.05) is 37.1 Å². The maximum absolute atomic E-state index is 12.3. The highest BCUT2D eigenvalue weighted by atomic mass is 32.2. The molecule has 2 amide bonds. The molecule has 3 rings (SSSR count). The van der Waals surface area contributed by atoms with Crippen molar-refractivity contribution in [3.05, 3.63) is 35.2 Å². The third kappa shape index (κ3) is 4.68. The molecule has 0 radical (unpaired) electrons. The number of nitrogens with two attached hydrogens (primary N) is 1. The Hall–Kier alpha value is -2.35. The van der Waals surface area contributed by atoms with Crippen molar-refractivity contribution in [2.75, 3.05) is 11.1 Å². The van der Waals surface area contributed by atoms with E-state index >= 15 is 0 Å². The molecule has 1 aliphatic rings. The van der Waals surface area contributed by atoms with E-state index in [4.69, 9.17) is 5.73 Å². The van der Waals surface area contributed by atoms with Gasteiger partial charge in [0, 0.05) is 24.2 Å². The Balaban J connectivity index is 1.60. The van der Waals surface area contributed by atoms with E-state index in [0.29, 0.717) is 17.2 Å². The minimum atomic E-state index is -0.519. The monoisotopic (exact) mass is 387 g/mol. The van der Waals surface area contributed by atoms with E-state index in [-0.39, 0.29) is 11.7 Å². The number of carbonyl (C=O) groups excluding carboxylic acids is 2. The lowest BCUT2D eigenvalue weighted by molar-refractivity contribution is -0.113. The molecule has 0 aliphatic heterocycles. The summed E-state index contributed by atoms with van der Waals surface area (Å²) in [6, 6.07) is 5.01. The minimum absolute atomic E-state index is 0.160. The normalized spacial score (nSPS) is 14.9. The van der Waals surface area contributed by atoms with Crippen LogP contribution in [0, 0.1) is 6.92 Å². The molecule has 1 aromatic carbocycles. The second-order valence-corrected chi connectivity index (χ2v) is 7.91. The molecule has 1 aliphatic carbocycles. The van der Waals surface area contributed by atoms with Gasteiger partial charge in [0.05, 0.1) is 5.75 Å². The van der Waals surface area contributed by atoms with Crippen molar-refractivity contribution in [1.29, 1.82) is 0 Å². The predicted molar refractivity (Wildman–Crippen MR) is 106 cm³/mol. The summed E-state index contributed by atoms with van der Waals surface area (Å²) in [6.45, 7) is 1.87. The Bertz CT molecular complexity index is 843. The van der Waals surface area contributed by atoms with Gasteiger partial charge in [-0.15, -0.1) is 10.2 Å². The largest absolute Gasteiger partial charge is 0.366 e. The number of amides is 2. The van der Waals surface area contributed by atoms with E-state index in [1.54, 1.807) is 18.2 Å². The molecule has 0 saturated heterocycles. The van der Waals surface area contributed by atoms with Gasteiger partial charge in [0.2, 0.25) is 11.8 Å². The molecule has 27 heavy (non-hydrogen) atoms. The Morgan fingerprint density at radius 1 is 1.26 bits per heavy atom. The van der Waals surface area contributed by atoms with Crippen LogP contribution >= 0.6 is 11.8 Å². The maximum atomic E-state index is 12.3. The highest BCUT2D eigenvalue weighted by Gasteiger charge is 2.22. The van der Waals surface area contributed by atoms with Crippen LogP contribution in [0.15, 0.2) is 23.4 Å². The zero-order valence-electron chi connectivity index (χ0n) is 15.7. The first-order valence-electron chi connectivity index (χ1n) is 9.18. The lowest BCUT2D eigenvalue weighted by Crippen LogP contribution is -2.17. The van der Waals surface area contributed by atoms with Crippen molar-refractivity contribution in [1.82, 2.24) is 14.8 Å². The second-order valence-electron chi connectivity index (χ2n) is 6.97. The van der Waals surface area contributed by atoms with Gasteiger partial charge in [-0.05, 0) is 37.5 Å². The number of aryl methyl sites for hydroxylation is 1. The van der Waals surface area contributed by atoms with Crippen LogP contribution in [0.5, 0.6) is 0 Å². The average Bonchev–Trinajstić information content (AvgIpc) is 3.03. The summed E-state index contributed by atoms with van der Waals surface area (Å²) < 4.78 is 2.01. The van der Waals surface area contributed by atoms with Crippen LogP contribution in [-0.2, 0) is 11.8 Å². The fourth-order valence-corrected chi connectivity index (χ4v) is 4.11. The SMILES string of the molecule is Cc1ccc(C(N)=O)cc1NC(=O)CSc1nnc(C2CCCCC2)n1C. The number of thioether (sulfide) groups is 1. The second kappa shape index (κ2) is 8.56. The summed E-state index contributed by atoms with van der Waals surface area (Å²) in [5, 5.41) is 12.2. The van der Waals surface area contributed by atoms with Crippen LogP contribution in [-0.4, -0.2) is 32.3 Å². The van der Waals surface area contributed by atoms with Gasteiger partial charge < -0.3 is 15.6 Å². The Morgan fingerprint density at radius 3 is 2.70 bits per heavy atom. The summed E-state index contributed by atoms with van der Waals surface area (Å²) >= 11 is 1.36. The number of carbonyl (C=O) groups is 2. The zero-order valence-corrected chi connectivity index (χ0v) is 16.5. The molecule has 144 valence electrons. The van der Waals surface area contributed by atoms with Crippen molar-refractivity contribution in [3.8, 4) is 0 Å². The standard InChI is InChI=1S/C19H25N5O2S/c1-12-8-9-14(17(20)26)10-15(12)21-16(25)11-27-19-23-22-18(24(19)2)13-6-4-3-5-7-13/h8-10,13H,3-7,11H2,1-2H3,(H2,20,26)(H,21,25). The van der Waals surface area contributed by atoms with E-state index in [0.717, 1.165) is 29.4 Å². The van der Waals surface area contributed by atoms with Crippen LogP contribution in [0.1, 0.15) is 59.8 Å². The van der Waals surface area contributed by atoms with Crippen LogP contribution in [0.2, 0.25) is 0 Å². The number of nitrogens with zero attached hydrogens (tertiary/aromatic N) is 3. The number of rotatable bonds is 6. The van der Waals surface area contributed by atoms with Gasteiger partial charge in [-0.2, -0.15) is 0 Å². The molecule has 1 fully saturated rings. The fraction of sp³-hybridized carbons (Fsp3) is 0.474. The van der Waals surface area contributed by atoms with Crippen molar-refractivity contribution >= 4 is 29.3 Å². The number of hydrogen-bond acceptors (Lipinski definition) is 5. The molecule has 0 atom stereocenters. The third-order valence-corrected chi connectivity index (χ3v) is 5.99. The summed E-state index contributed by atoms with van der Waals surface area (Å²) in [6.07, 6.45) is 6.10. The summed E-state index contributed by atoms with van der Waals surface area (Å²) in [5.74, 6) is 1.03. The van der Waals surface area contributed by atoms with E-state index in [1.165, 1.54) is 31.0 Å². The summed E-state index contributed by atoms with van der Waals surface area (Å²) in [4.78, 5) is 23.7. The molecule has 7 nitrogen and oxygen atoms in total. The number of nitrogens with one attached hydrogen (secondary N) is 1. The van der Waals surface area contributed by atoms with Gasteiger partial charge in [0.15, 0.2) is 5.16 Å². The molecule has 0 unspecified atom stereocenters. The number of anilines is 1. The number of primary amides is 1. The molecule has 0 bridgehead atoms. The van der Waals surface area contributed by atoms with Crippen molar-refractivity contribution in [2.45, 2.75) is 50.1 Å². The minimum Gasteiger partial charge on any atom is -0.366 e. The number of benzene rings is 1. The van der Waals surface area contributed by atoms with Crippen molar-refractivity contribution < 1.29 is 9.59 Å².